The maximum atomic E-state index is 12.3. The Morgan fingerprint density at radius 2 is 2.27 bits per heavy atom. The van der Waals surface area contributed by atoms with Crippen molar-refractivity contribution >= 4 is 11.6 Å². The molecule has 1 unspecified atom stereocenters. The third kappa shape index (κ3) is 2.24. The van der Waals surface area contributed by atoms with Crippen molar-refractivity contribution in [2.75, 3.05) is 6.54 Å². The fraction of sp³-hybridized carbons (Fsp3) is 0.333. The number of fused-ring (bicyclic) bond motifs is 2. The van der Waals surface area contributed by atoms with Crippen molar-refractivity contribution in [3.05, 3.63) is 48.4 Å². The summed E-state index contributed by atoms with van der Waals surface area (Å²) in [4.78, 5) is 20.9. The molecule has 0 aromatic carbocycles. The molecule has 7 nitrogen and oxygen atoms in total. The van der Waals surface area contributed by atoms with Gasteiger partial charge in [0.2, 0.25) is 0 Å². The number of hydrogen-bond donors (Lipinski definition) is 1. The molecule has 0 aliphatic carbocycles. The quantitative estimate of drug-likeness (QED) is 0.779. The van der Waals surface area contributed by atoms with Crippen LogP contribution in [0.4, 0.5) is 0 Å². The highest BCUT2D eigenvalue weighted by Gasteiger charge is 2.21. The zero-order valence-electron chi connectivity index (χ0n) is 12.0. The van der Waals surface area contributed by atoms with E-state index in [2.05, 4.69) is 25.0 Å². The monoisotopic (exact) mass is 296 g/mol. The minimum absolute atomic E-state index is 0.123. The van der Waals surface area contributed by atoms with Gasteiger partial charge < -0.3 is 9.88 Å². The van der Waals surface area contributed by atoms with Crippen molar-refractivity contribution in [2.24, 2.45) is 5.92 Å². The highest BCUT2D eigenvalue weighted by atomic mass is 16.1. The smallest absolute Gasteiger partial charge is 0.256 e. The van der Waals surface area contributed by atoms with Crippen molar-refractivity contribution in [3.8, 4) is 0 Å². The van der Waals surface area contributed by atoms with Crippen molar-refractivity contribution in [3.63, 3.8) is 0 Å². The van der Waals surface area contributed by atoms with Crippen LogP contribution in [0.5, 0.6) is 0 Å². The molecule has 1 aliphatic rings. The zero-order valence-corrected chi connectivity index (χ0v) is 12.0. The molecule has 0 saturated heterocycles. The number of aryl methyl sites for hydroxylation is 1. The Balaban J connectivity index is 1.43. The molecule has 3 aromatic heterocycles. The van der Waals surface area contributed by atoms with E-state index in [0.29, 0.717) is 23.7 Å². The average molecular weight is 296 g/mol. The van der Waals surface area contributed by atoms with E-state index in [9.17, 15) is 4.79 Å². The molecule has 112 valence electrons. The summed E-state index contributed by atoms with van der Waals surface area (Å²) in [5.74, 6) is 1.40. The first-order chi connectivity index (χ1) is 10.8. The molecule has 4 rings (SSSR count). The van der Waals surface area contributed by atoms with Gasteiger partial charge >= 0.3 is 0 Å². The lowest BCUT2D eigenvalue weighted by molar-refractivity contribution is 0.0946. The summed E-state index contributed by atoms with van der Waals surface area (Å²) < 4.78 is 3.78. The molecule has 1 atom stereocenters. The van der Waals surface area contributed by atoms with Gasteiger partial charge in [-0.1, -0.05) is 0 Å². The van der Waals surface area contributed by atoms with Gasteiger partial charge in [-0.15, -0.1) is 0 Å². The molecule has 22 heavy (non-hydrogen) atoms. The van der Waals surface area contributed by atoms with Crippen molar-refractivity contribution < 1.29 is 4.79 Å². The van der Waals surface area contributed by atoms with E-state index >= 15 is 0 Å². The molecular formula is C15H16N6O. The SMILES string of the molecule is O=C(NCC1CCn2ccnc2C1)c1cnn2cccnc12. The number of carbonyl (C=O) groups excluding carboxylic acids is 1. The van der Waals surface area contributed by atoms with Crippen LogP contribution in [-0.2, 0) is 13.0 Å². The van der Waals surface area contributed by atoms with Crippen LogP contribution in [0.1, 0.15) is 22.6 Å². The normalized spacial score (nSPS) is 17.4. The van der Waals surface area contributed by atoms with Gasteiger partial charge in [0.25, 0.3) is 5.91 Å². The van der Waals surface area contributed by atoms with Crippen LogP contribution in [0.2, 0.25) is 0 Å². The first-order valence-corrected chi connectivity index (χ1v) is 7.38. The molecule has 0 fully saturated rings. The Morgan fingerprint density at radius 1 is 1.32 bits per heavy atom. The third-order valence-electron chi connectivity index (χ3n) is 4.13. The van der Waals surface area contributed by atoms with E-state index in [4.69, 9.17) is 0 Å². The first kappa shape index (κ1) is 13.0. The second kappa shape index (κ2) is 5.25. The molecule has 0 saturated carbocycles. The molecule has 7 heteroatoms. The van der Waals surface area contributed by atoms with Crippen LogP contribution >= 0.6 is 0 Å². The van der Waals surface area contributed by atoms with E-state index in [1.807, 2.05) is 12.4 Å². The molecule has 0 radical (unpaired) electrons. The van der Waals surface area contributed by atoms with Crippen LogP contribution in [-0.4, -0.2) is 36.6 Å². The zero-order chi connectivity index (χ0) is 14.9. The maximum Gasteiger partial charge on any atom is 0.256 e. The highest BCUT2D eigenvalue weighted by molar-refractivity contribution is 5.99. The average Bonchev–Trinajstić information content (AvgIpc) is 3.18. The summed E-state index contributed by atoms with van der Waals surface area (Å²) in [6.07, 6.45) is 10.8. The summed E-state index contributed by atoms with van der Waals surface area (Å²) in [7, 11) is 0. The molecular weight excluding hydrogens is 280 g/mol. The Labute approximate surface area is 127 Å². The largest absolute Gasteiger partial charge is 0.352 e. The Morgan fingerprint density at radius 3 is 3.23 bits per heavy atom. The van der Waals surface area contributed by atoms with E-state index < -0.39 is 0 Å². The van der Waals surface area contributed by atoms with Gasteiger partial charge in [0, 0.05) is 44.3 Å². The van der Waals surface area contributed by atoms with Gasteiger partial charge in [0.1, 0.15) is 11.4 Å². The lowest BCUT2D eigenvalue weighted by atomic mass is 9.98. The van der Waals surface area contributed by atoms with E-state index in [0.717, 1.165) is 25.2 Å². The van der Waals surface area contributed by atoms with Crippen LogP contribution in [0, 0.1) is 5.92 Å². The van der Waals surface area contributed by atoms with Gasteiger partial charge in [-0.25, -0.2) is 14.5 Å². The molecule has 0 spiro atoms. The number of nitrogens with one attached hydrogen (secondary N) is 1. The molecule has 1 N–H and O–H groups in total. The number of aromatic nitrogens is 5. The Kier molecular flexibility index (Phi) is 3.10. The number of carbonyl (C=O) groups is 1. The van der Waals surface area contributed by atoms with Gasteiger partial charge in [0.05, 0.1) is 6.20 Å². The number of hydrogen-bond acceptors (Lipinski definition) is 4. The minimum Gasteiger partial charge on any atom is -0.352 e. The fourth-order valence-corrected chi connectivity index (χ4v) is 2.91. The summed E-state index contributed by atoms with van der Waals surface area (Å²) in [5.41, 5.74) is 1.09. The molecule has 4 heterocycles. The van der Waals surface area contributed by atoms with Gasteiger partial charge in [-0.2, -0.15) is 5.10 Å². The fourth-order valence-electron chi connectivity index (χ4n) is 2.91. The van der Waals surface area contributed by atoms with Crippen LogP contribution < -0.4 is 5.32 Å². The van der Waals surface area contributed by atoms with Crippen LogP contribution in [0.3, 0.4) is 0 Å². The Hall–Kier alpha value is -2.70. The van der Waals surface area contributed by atoms with E-state index in [1.165, 1.54) is 0 Å². The highest BCUT2D eigenvalue weighted by Crippen LogP contribution is 2.18. The lowest BCUT2D eigenvalue weighted by Gasteiger charge is -2.23. The van der Waals surface area contributed by atoms with Gasteiger partial charge in [0.15, 0.2) is 5.65 Å². The summed E-state index contributed by atoms with van der Waals surface area (Å²) in [5, 5.41) is 7.14. The summed E-state index contributed by atoms with van der Waals surface area (Å²) in [6, 6.07) is 1.78. The minimum atomic E-state index is -0.123. The standard InChI is InChI=1S/C15H16N6O/c22-15(12-10-19-21-5-1-3-17-14(12)21)18-9-11-2-6-20-7-4-16-13(20)8-11/h1,3-5,7,10-11H,2,6,8-9H2,(H,18,22). The molecule has 0 bridgehead atoms. The van der Waals surface area contributed by atoms with Gasteiger partial charge in [-0.3, -0.25) is 4.79 Å². The predicted octanol–water partition coefficient (Wildman–Crippen LogP) is 0.918. The lowest BCUT2D eigenvalue weighted by Crippen LogP contribution is -2.33. The third-order valence-corrected chi connectivity index (χ3v) is 4.13. The predicted molar refractivity (Wildman–Crippen MR) is 79.4 cm³/mol. The Bertz CT molecular complexity index is 820. The molecule has 3 aromatic rings. The second-order valence-electron chi connectivity index (χ2n) is 5.55. The number of amides is 1. The topological polar surface area (TPSA) is 77.1 Å². The van der Waals surface area contributed by atoms with Gasteiger partial charge in [-0.05, 0) is 18.4 Å². The second-order valence-corrected chi connectivity index (χ2v) is 5.55. The summed E-state index contributed by atoms with van der Waals surface area (Å²) >= 11 is 0. The van der Waals surface area contributed by atoms with Crippen molar-refractivity contribution in [1.82, 2.24) is 29.5 Å². The van der Waals surface area contributed by atoms with Crippen LogP contribution in [0.25, 0.3) is 5.65 Å². The summed E-state index contributed by atoms with van der Waals surface area (Å²) in [6.45, 7) is 1.62. The van der Waals surface area contributed by atoms with Crippen molar-refractivity contribution in [1.29, 1.82) is 0 Å². The number of rotatable bonds is 3. The number of imidazole rings is 1. The molecule has 1 aliphatic heterocycles. The molecule has 1 amide bonds. The number of nitrogens with zero attached hydrogens (tertiary/aromatic N) is 5. The maximum absolute atomic E-state index is 12.3. The van der Waals surface area contributed by atoms with E-state index in [-0.39, 0.29) is 5.91 Å². The van der Waals surface area contributed by atoms with Crippen molar-refractivity contribution in [2.45, 2.75) is 19.4 Å². The van der Waals surface area contributed by atoms with E-state index in [1.54, 1.807) is 29.2 Å². The van der Waals surface area contributed by atoms with Crippen LogP contribution in [0.15, 0.2) is 37.1 Å². The first-order valence-electron chi connectivity index (χ1n) is 7.38.